The van der Waals surface area contributed by atoms with E-state index in [0.29, 0.717) is 5.56 Å². The van der Waals surface area contributed by atoms with Gasteiger partial charge >= 0.3 is 5.97 Å². The Kier molecular flexibility index (Phi) is 3.22. The lowest BCUT2D eigenvalue weighted by Gasteiger charge is -2.17. The van der Waals surface area contributed by atoms with Crippen molar-refractivity contribution in [2.45, 2.75) is 26.8 Å². The van der Waals surface area contributed by atoms with Gasteiger partial charge in [0.1, 0.15) is 5.01 Å². The number of aromatic nitrogens is 1. The van der Waals surface area contributed by atoms with Crippen LogP contribution in [-0.2, 0) is 13.0 Å². The average Bonchev–Trinajstić information content (AvgIpc) is 2.94. The molecule has 1 aliphatic rings. The lowest BCUT2D eigenvalue weighted by Crippen LogP contribution is -2.19. The molecule has 1 aliphatic heterocycles. The number of hydrogen-bond acceptors (Lipinski definition) is 4. The number of carbonyl (C=O) groups is 1. The maximum atomic E-state index is 11.0. The van der Waals surface area contributed by atoms with Crippen molar-refractivity contribution in [3.63, 3.8) is 0 Å². The summed E-state index contributed by atoms with van der Waals surface area (Å²) in [5.41, 5.74) is 3.73. The molecule has 0 aliphatic carbocycles. The third-order valence-corrected chi connectivity index (χ3v) is 4.77. The first-order valence-corrected chi connectivity index (χ1v) is 7.40. The lowest BCUT2D eigenvalue weighted by atomic mass is 10.1. The Morgan fingerprint density at radius 1 is 1.45 bits per heavy atom. The number of aryl methyl sites for hydroxylation is 2. The maximum absolute atomic E-state index is 11.0. The van der Waals surface area contributed by atoms with E-state index >= 15 is 0 Å². The van der Waals surface area contributed by atoms with E-state index in [0.717, 1.165) is 41.5 Å². The molecule has 0 spiro atoms. The van der Waals surface area contributed by atoms with Gasteiger partial charge in [-0.1, -0.05) is 0 Å². The van der Waals surface area contributed by atoms with Crippen LogP contribution in [0.25, 0.3) is 0 Å². The van der Waals surface area contributed by atoms with Crippen LogP contribution in [0, 0.1) is 13.8 Å². The molecule has 0 radical (unpaired) electrons. The quantitative estimate of drug-likeness (QED) is 0.943. The number of anilines is 1. The fraction of sp³-hybridized carbons (Fsp3) is 0.333. The molecule has 0 fully saturated rings. The first-order valence-electron chi connectivity index (χ1n) is 6.58. The molecule has 1 N–H and O–H groups in total. The van der Waals surface area contributed by atoms with E-state index in [1.54, 1.807) is 23.5 Å². The second-order valence-electron chi connectivity index (χ2n) is 5.07. The van der Waals surface area contributed by atoms with Gasteiger partial charge < -0.3 is 10.0 Å². The zero-order chi connectivity index (χ0) is 14.3. The van der Waals surface area contributed by atoms with Gasteiger partial charge in [0.2, 0.25) is 0 Å². The van der Waals surface area contributed by atoms with Crippen molar-refractivity contribution in [3.05, 3.63) is 44.9 Å². The molecule has 5 heteroatoms. The summed E-state index contributed by atoms with van der Waals surface area (Å²) in [6.45, 7) is 5.86. The molecule has 3 rings (SSSR count). The van der Waals surface area contributed by atoms with Crippen molar-refractivity contribution < 1.29 is 9.90 Å². The molecular formula is C15H16N2O2S. The monoisotopic (exact) mass is 288 g/mol. The third kappa shape index (κ3) is 2.29. The van der Waals surface area contributed by atoms with Gasteiger partial charge in [-0.2, -0.15) is 0 Å². The number of aromatic carboxylic acids is 1. The predicted molar refractivity (Wildman–Crippen MR) is 79.7 cm³/mol. The Labute approximate surface area is 121 Å². The fourth-order valence-corrected chi connectivity index (χ4v) is 3.49. The summed E-state index contributed by atoms with van der Waals surface area (Å²) in [7, 11) is 0. The van der Waals surface area contributed by atoms with Crippen LogP contribution in [0.2, 0.25) is 0 Å². The molecule has 1 aromatic carbocycles. The van der Waals surface area contributed by atoms with Crippen LogP contribution >= 0.6 is 11.3 Å². The van der Waals surface area contributed by atoms with E-state index in [1.807, 2.05) is 13.0 Å². The average molecular weight is 288 g/mol. The largest absolute Gasteiger partial charge is 0.478 e. The minimum atomic E-state index is -0.863. The van der Waals surface area contributed by atoms with E-state index in [4.69, 9.17) is 5.11 Å². The van der Waals surface area contributed by atoms with Crippen molar-refractivity contribution in [1.29, 1.82) is 0 Å². The molecule has 0 bridgehead atoms. The van der Waals surface area contributed by atoms with E-state index in [1.165, 1.54) is 4.88 Å². The number of carboxylic acids is 1. The van der Waals surface area contributed by atoms with Crippen LogP contribution in [0.5, 0.6) is 0 Å². The van der Waals surface area contributed by atoms with Gasteiger partial charge in [0.25, 0.3) is 0 Å². The number of rotatable bonds is 3. The molecule has 0 saturated carbocycles. The Morgan fingerprint density at radius 2 is 2.25 bits per heavy atom. The Balaban J connectivity index is 1.84. The minimum absolute atomic E-state index is 0.367. The summed E-state index contributed by atoms with van der Waals surface area (Å²) >= 11 is 1.74. The van der Waals surface area contributed by atoms with E-state index in [-0.39, 0.29) is 0 Å². The summed E-state index contributed by atoms with van der Waals surface area (Å²) < 4.78 is 0. The molecule has 2 aromatic rings. The predicted octanol–water partition coefficient (Wildman–Crippen LogP) is 3.02. The van der Waals surface area contributed by atoms with Gasteiger partial charge in [-0.05, 0) is 44.0 Å². The molecule has 20 heavy (non-hydrogen) atoms. The lowest BCUT2D eigenvalue weighted by molar-refractivity contribution is 0.0697. The second kappa shape index (κ2) is 4.90. The summed E-state index contributed by atoms with van der Waals surface area (Å²) in [5.74, 6) is -0.863. The summed E-state index contributed by atoms with van der Waals surface area (Å²) in [6, 6.07) is 5.38. The van der Waals surface area contributed by atoms with Crippen molar-refractivity contribution in [1.82, 2.24) is 4.98 Å². The molecule has 104 valence electrons. The van der Waals surface area contributed by atoms with Crippen LogP contribution in [0.4, 0.5) is 5.69 Å². The van der Waals surface area contributed by atoms with Crippen molar-refractivity contribution >= 4 is 23.0 Å². The van der Waals surface area contributed by atoms with Crippen LogP contribution < -0.4 is 4.90 Å². The zero-order valence-electron chi connectivity index (χ0n) is 11.5. The molecule has 0 saturated heterocycles. The van der Waals surface area contributed by atoms with E-state index < -0.39 is 5.97 Å². The number of nitrogens with zero attached hydrogens (tertiary/aromatic N) is 2. The van der Waals surface area contributed by atoms with Gasteiger partial charge in [-0.15, -0.1) is 11.3 Å². The van der Waals surface area contributed by atoms with Gasteiger partial charge in [0.15, 0.2) is 0 Å². The van der Waals surface area contributed by atoms with Crippen LogP contribution in [0.3, 0.4) is 0 Å². The number of benzene rings is 1. The van der Waals surface area contributed by atoms with E-state index in [2.05, 4.69) is 16.8 Å². The van der Waals surface area contributed by atoms with Gasteiger partial charge in [0, 0.05) is 17.1 Å². The molecule has 1 aromatic heterocycles. The normalized spacial score (nSPS) is 13.6. The van der Waals surface area contributed by atoms with Crippen LogP contribution in [-0.4, -0.2) is 22.6 Å². The molecule has 2 heterocycles. The summed E-state index contributed by atoms with van der Waals surface area (Å²) in [6.07, 6.45) is 0.903. The van der Waals surface area contributed by atoms with E-state index in [9.17, 15) is 4.79 Å². The molecule has 0 amide bonds. The zero-order valence-corrected chi connectivity index (χ0v) is 12.3. The third-order valence-electron chi connectivity index (χ3n) is 3.72. The number of hydrogen-bond donors (Lipinski definition) is 1. The molecule has 4 nitrogen and oxygen atoms in total. The van der Waals surface area contributed by atoms with Gasteiger partial charge in [-0.3, -0.25) is 0 Å². The van der Waals surface area contributed by atoms with Crippen molar-refractivity contribution in [2.24, 2.45) is 0 Å². The summed E-state index contributed by atoms with van der Waals surface area (Å²) in [5, 5.41) is 10.1. The minimum Gasteiger partial charge on any atom is -0.478 e. The molecular weight excluding hydrogens is 272 g/mol. The highest BCUT2D eigenvalue weighted by Gasteiger charge is 2.21. The summed E-state index contributed by atoms with van der Waals surface area (Å²) in [4.78, 5) is 19.1. The molecule has 0 unspecified atom stereocenters. The molecule has 0 atom stereocenters. The van der Waals surface area contributed by atoms with Gasteiger partial charge in [0.05, 0.1) is 17.8 Å². The smallest absolute Gasteiger partial charge is 0.335 e. The van der Waals surface area contributed by atoms with Crippen LogP contribution in [0.15, 0.2) is 18.2 Å². The Hall–Kier alpha value is -1.88. The van der Waals surface area contributed by atoms with Crippen molar-refractivity contribution in [3.8, 4) is 0 Å². The second-order valence-corrected chi connectivity index (χ2v) is 6.36. The Morgan fingerprint density at radius 3 is 2.90 bits per heavy atom. The first kappa shape index (κ1) is 13.1. The highest BCUT2D eigenvalue weighted by atomic mass is 32.1. The van der Waals surface area contributed by atoms with Crippen molar-refractivity contribution in [2.75, 3.05) is 11.4 Å². The van der Waals surface area contributed by atoms with Gasteiger partial charge in [-0.25, -0.2) is 9.78 Å². The fourth-order valence-electron chi connectivity index (χ4n) is 2.54. The standard InChI is InChI=1S/C15H16N2O2S/c1-9-10(2)20-14(16-9)8-17-6-5-11-7-12(15(18)19)3-4-13(11)17/h3-4,7H,5-6,8H2,1-2H3,(H,18,19). The van der Waals surface area contributed by atoms with Crippen LogP contribution in [0.1, 0.15) is 31.5 Å². The first-order chi connectivity index (χ1) is 9.54. The SMILES string of the molecule is Cc1nc(CN2CCc3cc(C(=O)O)ccc32)sc1C. The number of thiazole rings is 1. The topological polar surface area (TPSA) is 53.4 Å². The number of fused-ring (bicyclic) bond motifs is 1. The maximum Gasteiger partial charge on any atom is 0.335 e. The highest BCUT2D eigenvalue weighted by Crippen LogP contribution is 2.31. The Bertz CT molecular complexity index is 659. The highest BCUT2D eigenvalue weighted by molar-refractivity contribution is 7.11. The number of carboxylic acid groups (broad SMARTS) is 1.